The average molecular weight is 397 g/mol. The summed E-state index contributed by atoms with van der Waals surface area (Å²) in [6, 6.07) is 12.9. The van der Waals surface area contributed by atoms with Crippen molar-refractivity contribution in [3.05, 3.63) is 63.2 Å². The van der Waals surface area contributed by atoms with E-state index >= 15 is 0 Å². The molecule has 0 saturated heterocycles. The molecule has 1 aliphatic carbocycles. The molecule has 0 radical (unpaired) electrons. The maximum absolute atomic E-state index is 12.6. The molecule has 0 bridgehead atoms. The van der Waals surface area contributed by atoms with E-state index in [2.05, 4.69) is 18.3 Å². The summed E-state index contributed by atoms with van der Waals surface area (Å²) >= 11 is 7.52. The molecule has 0 spiro atoms. The minimum atomic E-state index is -0.355. The fourth-order valence-corrected chi connectivity index (χ4v) is 4.93. The maximum atomic E-state index is 12.6. The third kappa shape index (κ3) is 3.51. The van der Waals surface area contributed by atoms with Crippen LogP contribution in [0.2, 0.25) is 5.02 Å². The van der Waals surface area contributed by atoms with Gasteiger partial charge in [-0.25, -0.2) is 0 Å². The van der Waals surface area contributed by atoms with E-state index in [0.717, 1.165) is 30.4 Å². The smallest absolute Gasteiger partial charge is 0.292 e. The molecule has 3 aromatic rings. The molecule has 0 fully saturated rings. The van der Waals surface area contributed by atoms with Gasteiger partial charge in [0.05, 0.1) is 5.56 Å². The molecule has 1 aliphatic rings. The fourth-order valence-electron chi connectivity index (χ4n) is 3.38. The zero-order valence-corrected chi connectivity index (χ0v) is 16.3. The molecule has 4 rings (SSSR count). The molecule has 2 aromatic heterocycles. The standard InChI is InChI=1S/C21H17ClN2O2S/c1-12-5-6-15-16(11-23)21(27-19(15)9-12)24-20(25)18-8-7-17(26-18)13-3-2-4-14(22)10-13/h2-4,7-8,10,12H,5-6,9H2,1H3,(H,24,25)/t12-/m1/s1. The number of furan rings is 1. The molecule has 0 aliphatic heterocycles. The van der Waals surface area contributed by atoms with Crippen molar-refractivity contribution in [3.63, 3.8) is 0 Å². The van der Waals surface area contributed by atoms with Gasteiger partial charge in [-0.05, 0) is 55.0 Å². The number of carbonyl (C=O) groups excluding carboxylic acids is 1. The first-order valence-electron chi connectivity index (χ1n) is 8.77. The van der Waals surface area contributed by atoms with E-state index in [1.165, 1.54) is 16.2 Å². The summed E-state index contributed by atoms with van der Waals surface area (Å²) in [5.74, 6) is 1.03. The number of amides is 1. The van der Waals surface area contributed by atoms with Crippen molar-refractivity contribution in [3.8, 4) is 17.4 Å². The van der Waals surface area contributed by atoms with E-state index in [1.54, 1.807) is 24.3 Å². The second-order valence-corrected chi connectivity index (χ2v) is 8.34. The average Bonchev–Trinajstić information content (AvgIpc) is 3.25. The van der Waals surface area contributed by atoms with Gasteiger partial charge in [0.25, 0.3) is 5.91 Å². The SMILES string of the molecule is C[C@@H]1CCc2c(sc(NC(=O)c3ccc(-c4cccc(Cl)c4)o3)c2C#N)C1. The summed E-state index contributed by atoms with van der Waals surface area (Å²) < 4.78 is 5.70. The lowest BCUT2D eigenvalue weighted by Crippen LogP contribution is -2.11. The van der Waals surface area contributed by atoms with Gasteiger partial charge in [-0.2, -0.15) is 5.26 Å². The van der Waals surface area contributed by atoms with Gasteiger partial charge >= 0.3 is 0 Å². The Hall–Kier alpha value is -2.55. The lowest BCUT2D eigenvalue weighted by Gasteiger charge is -2.17. The first kappa shape index (κ1) is 17.8. The molecule has 1 N–H and O–H groups in total. The number of hydrogen-bond acceptors (Lipinski definition) is 4. The molecule has 0 unspecified atom stereocenters. The number of anilines is 1. The Morgan fingerprint density at radius 2 is 2.22 bits per heavy atom. The number of halogens is 1. The van der Waals surface area contributed by atoms with Crippen molar-refractivity contribution in [2.45, 2.75) is 26.2 Å². The summed E-state index contributed by atoms with van der Waals surface area (Å²) in [7, 11) is 0. The van der Waals surface area contributed by atoms with Crippen LogP contribution in [0.5, 0.6) is 0 Å². The van der Waals surface area contributed by atoms with Crippen LogP contribution in [0.1, 0.15) is 39.9 Å². The quantitative estimate of drug-likeness (QED) is 0.598. The van der Waals surface area contributed by atoms with Crippen molar-refractivity contribution >= 4 is 33.8 Å². The van der Waals surface area contributed by atoms with E-state index in [-0.39, 0.29) is 11.7 Å². The number of thiophene rings is 1. The van der Waals surface area contributed by atoms with Gasteiger partial charge in [-0.1, -0.05) is 30.7 Å². The Kier molecular flexibility index (Phi) is 4.77. The highest BCUT2D eigenvalue weighted by Crippen LogP contribution is 2.39. The van der Waals surface area contributed by atoms with Crippen LogP contribution >= 0.6 is 22.9 Å². The van der Waals surface area contributed by atoms with Gasteiger partial charge in [-0.15, -0.1) is 11.3 Å². The summed E-state index contributed by atoms with van der Waals surface area (Å²) in [6.45, 7) is 2.22. The van der Waals surface area contributed by atoms with E-state index in [1.807, 2.05) is 12.1 Å². The monoisotopic (exact) mass is 396 g/mol. The van der Waals surface area contributed by atoms with Crippen LogP contribution < -0.4 is 5.32 Å². The maximum Gasteiger partial charge on any atom is 0.292 e. The van der Waals surface area contributed by atoms with E-state index < -0.39 is 0 Å². The van der Waals surface area contributed by atoms with E-state index in [9.17, 15) is 10.1 Å². The first-order chi connectivity index (χ1) is 13.0. The third-order valence-electron chi connectivity index (χ3n) is 4.79. The topological polar surface area (TPSA) is 66.0 Å². The van der Waals surface area contributed by atoms with Crippen LogP contribution in [0, 0.1) is 17.2 Å². The highest BCUT2D eigenvalue weighted by Gasteiger charge is 2.25. The van der Waals surface area contributed by atoms with Gasteiger partial charge in [0.15, 0.2) is 5.76 Å². The number of rotatable bonds is 3. The molecule has 27 heavy (non-hydrogen) atoms. The summed E-state index contributed by atoms with van der Waals surface area (Å²) in [6.07, 6.45) is 2.93. The molecule has 2 heterocycles. The number of hydrogen-bond donors (Lipinski definition) is 1. The molecule has 136 valence electrons. The van der Waals surface area contributed by atoms with Gasteiger partial charge < -0.3 is 9.73 Å². The lowest BCUT2D eigenvalue weighted by atomic mass is 9.89. The molecule has 1 atom stereocenters. The van der Waals surface area contributed by atoms with Crippen LogP contribution in [0.3, 0.4) is 0 Å². The molecular formula is C21H17ClN2O2S. The minimum Gasteiger partial charge on any atom is -0.451 e. The van der Waals surface area contributed by atoms with E-state index in [4.69, 9.17) is 16.0 Å². The predicted octanol–water partition coefficient (Wildman–Crippen LogP) is 5.91. The first-order valence-corrected chi connectivity index (χ1v) is 9.96. The minimum absolute atomic E-state index is 0.202. The Morgan fingerprint density at radius 1 is 1.37 bits per heavy atom. The van der Waals surface area contributed by atoms with E-state index in [0.29, 0.717) is 27.3 Å². The van der Waals surface area contributed by atoms with Gasteiger partial charge in [0, 0.05) is 15.5 Å². The zero-order chi connectivity index (χ0) is 19.0. The number of nitrogens with one attached hydrogen (secondary N) is 1. The lowest BCUT2D eigenvalue weighted by molar-refractivity contribution is 0.0998. The molecule has 6 heteroatoms. The van der Waals surface area contributed by atoms with Gasteiger partial charge in [0.2, 0.25) is 0 Å². The number of nitrogens with zero attached hydrogens (tertiary/aromatic N) is 1. The Morgan fingerprint density at radius 3 is 3.00 bits per heavy atom. The molecule has 1 amide bonds. The Balaban J connectivity index is 1.58. The van der Waals surface area contributed by atoms with Crippen LogP contribution in [-0.4, -0.2) is 5.91 Å². The highest BCUT2D eigenvalue weighted by atomic mass is 35.5. The summed E-state index contributed by atoms with van der Waals surface area (Å²) in [5.41, 5.74) is 2.49. The highest BCUT2D eigenvalue weighted by molar-refractivity contribution is 7.16. The summed E-state index contributed by atoms with van der Waals surface area (Å²) in [4.78, 5) is 13.8. The summed E-state index contributed by atoms with van der Waals surface area (Å²) in [5, 5.41) is 13.6. The van der Waals surface area contributed by atoms with Crippen molar-refractivity contribution in [2.75, 3.05) is 5.32 Å². The predicted molar refractivity (Wildman–Crippen MR) is 107 cm³/mol. The largest absolute Gasteiger partial charge is 0.451 e. The van der Waals surface area contributed by atoms with Crippen molar-refractivity contribution in [1.82, 2.24) is 0 Å². The Bertz CT molecular complexity index is 1060. The normalized spacial score (nSPS) is 15.8. The number of benzene rings is 1. The van der Waals surface area contributed by atoms with Gasteiger partial charge in [-0.3, -0.25) is 4.79 Å². The zero-order valence-electron chi connectivity index (χ0n) is 14.7. The number of carbonyl (C=O) groups is 1. The van der Waals surface area contributed by atoms with Crippen LogP contribution in [-0.2, 0) is 12.8 Å². The molecular weight excluding hydrogens is 380 g/mol. The molecule has 1 aromatic carbocycles. The second kappa shape index (κ2) is 7.22. The number of nitriles is 1. The Labute approximate surface area is 166 Å². The molecule has 0 saturated carbocycles. The van der Waals surface area contributed by atoms with Crippen molar-refractivity contribution in [2.24, 2.45) is 5.92 Å². The number of fused-ring (bicyclic) bond motifs is 1. The molecule has 4 nitrogen and oxygen atoms in total. The third-order valence-corrected chi connectivity index (χ3v) is 6.19. The van der Waals surface area contributed by atoms with Crippen molar-refractivity contribution in [1.29, 1.82) is 5.26 Å². The fraction of sp³-hybridized carbons (Fsp3) is 0.238. The van der Waals surface area contributed by atoms with Crippen LogP contribution in [0.15, 0.2) is 40.8 Å². The van der Waals surface area contributed by atoms with Crippen molar-refractivity contribution < 1.29 is 9.21 Å². The van der Waals surface area contributed by atoms with Gasteiger partial charge in [0.1, 0.15) is 16.8 Å². The second-order valence-electron chi connectivity index (χ2n) is 6.80. The van der Waals surface area contributed by atoms with Crippen LogP contribution in [0.4, 0.5) is 5.00 Å². The van der Waals surface area contributed by atoms with Crippen LogP contribution in [0.25, 0.3) is 11.3 Å².